The van der Waals surface area contributed by atoms with Crippen LogP contribution in [0, 0.1) is 13.8 Å². The van der Waals surface area contributed by atoms with Gasteiger partial charge in [-0.2, -0.15) is 0 Å². The Labute approximate surface area is 232 Å². The normalized spacial score (nSPS) is 11.0. The molecule has 0 bridgehead atoms. The van der Waals surface area contributed by atoms with Crippen LogP contribution in [-0.2, 0) is 13.0 Å². The highest BCUT2D eigenvalue weighted by atomic mass is 16.4. The fraction of sp³-hybridized carbons (Fsp3) is 0.152. The third kappa shape index (κ3) is 5.14. The van der Waals surface area contributed by atoms with Gasteiger partial charge in [0.15, 0.2) is 5.65 Å². The second-order valence-corrected chi connectivity index (χ2v) is 9.72. The molecule has 0 aliphatic rings. The Hall–Kier alpha value is -5.04. The van der Waals surface area contributed by atoms with Crippen molar-refractivity contribution in [3.8, 4) is 0 Å². The van der Waals surface area contributed by atoms with E-state index in [0.29, 0.717) is 23.2 Å². The number of carboxylic acid groups (broad SMARTS) is 2. The number of aromatic carboxylic acids is 2. The van der Waals surface area contributed by atoms with Crippen LogP contribution in [0.2, 0.25) is 0 Å². The molecule has 0 amide bonds. The summed E-state index contributed by atoms with van der Waals surface area (Å²) in [6.07, 6.45) is 2.62. The molecule has 0 saturated carbocycles. The average Bonchev–Trinajstić information content (AvgIpc) is 3.30. The number of aromatic nitrogens is 3. The van der Waals surface area contributed by atoms with E-state index in [9.17, 15) is 19.8 Å². The molecule has 2 N–H and O–H groups in total. The van der Waals surface area contributed by atoms with Gasteiger partial charge in [0.1, 0.15) is 11.3 Å². The van der Waals surface area contributed by atoms with E-state index in [-0.39, 0.29) is 11.1 Å². The number of imidazole rings is 1. The van der Waals surface area contributed by atoms with Crippen molar-refractivity contribution < 1.29 is 19.8 Å². The zero-order valence-corrected chi connectivity index (χ0v) is 22.5. The monoisotopic (exact) mass is 531 g/mol. The first-order chi connectivity index (χ1) is 19.3. The van der Waals surface area contributed by atoms with Gasteiger partial charge in [0, 0.05) is 12.1 Å². The highest BCUT2D eigenvalue weighted by Gasteiger charge is 2.19. The van der Waals surface area contributed by atoms with Gasteiger partial charge in [-0.15, -0.1) is 0 Å². The second kappa shape index (κ2) is 11.0. The van der Waals surface area contributed by atoms with Crippen molar-refractivity contribution in [3.63, 3.8) is 0 Å². The van der Waals surface area contributed by atoms with E-state index in [0.717, 1.165) is 45.8 Å². The number of carbonyl (C=O) groups is 2. The molecule has 5 aromatic rings. The molecule has 3 aromatic carbocycles. The first-order valence-electron chi connectivity index (χ1n) is 13.1. The molecule has 7 heteroatoms. The summed E-state index contributed by atoms with van der Waals surface area (Å²) in [5.41, 5.74) is 7.33. The maximum atomic E-state index is 12.1. The van der Waals surface area contributed by atoms with Gasteiger partial charge in [0.25, 0.3) is 0 Å². The number of fused-ring (bicyclic) bond motifs is 1. The predicted octanol–water partition coefficient (Wildman–Crippen LogP) is 6.64. The molecule has 200 valence electrons. The standard InChI is InChI=1S/C33H29N3O4/c1-4-29-35-30-20(2)17-21(3)34-31(30)36(29)19-23-15-13-22(14-16-23)18-28(24-9-5-7-11-26(24)32(37)38)25-10-6-8-12-27(25)33(39)40/h5-18H,4,19H2,1-3H3,(H,37,38)(H,39,40). The molecule has 2 aromatic heterocycles. The quantitative estimate of drug-likeness (QED) is 0.217. The summed E-state index contributed by atoms with van der Waals surface area (Å²) in [7, 11) is 0. The Morgan fingerprint density at radius 3 is 1.88 bits per heavy atom. The Kier molecular flexibility index (Phi) is 7.29. The minimum Gasteiger partial charge on any atom is -0.478 e. The molecule has 0 fully saturated rings. The van der Waals surface area contributed by atoms with Crippen molar-refractivity contribution >= 4 is 34.8 Å². The number of hydrogen-bond acceptors (Lipinski definition) is 4. The van der Waals surface area contributed by atoms with Gasteiger partial charge in [-0.25, -0.2) is 19.6 Å². The maximum absolute atomic E-state index is 12.1. The van der Waals surface area contributed by atoms with Crippen molar-refractivity contribution in [3.05, 3.63) is 129 Å². The van der Waals surface area contributed by atoms with E-state index in [4.69, 9.17) is 9.97 Å². The molecular weight excluding hydrogens is 502 g/mol. The Morgan fingerprint density at radius 1 is 0.800 bits per heavy atom. The van der Waals surface area contributed by atoms with Crippen LogP contribution >= 0.6 is 0 Å². The molecule has 0 aliphatic carbocycles. The molecule has 0 saturated heterocycles. The smallest absolute Gasteiger partial charge is 0.336 e. The van der Waals surface area contributed by atoms with Crippen molar-refractivity contribution in [2.45, 2.75) is 33.7 Å². The van der Waals surface area contributed by atoms with Crippen LogP contribution in [0.4, 0.5) is 0 Å². The van der Waals surface area contributed by atoms with Crippen LogP contribution in [0.15, 0.2) is 78.9 Å². The molecule has 40 heavy (non-hydrogen) atoms. The first-order valence-corrected chi connectivity index (χ1v) is 13.1. The summed E-state index contributed by atoms with van der Waals surface area (Å²) < 4.78 is 2.15. The zero-order chi connectivity index (χ0) is 28.4. The van der Waals surface area contributed by atoms with Crippen LogP contribution in [0.25, 0.3) is 22.8 Å². The molecule has 0 spiro atoms. The van der Waals surface area contributed by atoms with Gasteiger partial charge in [-0.05, 0) is 71.5 Å². The largest absolute Gasteiger partial charge is 0.478 e. The summed E-state index contributed by atoms with van der Waals surface area (Å²) in [5, 5.41) is 19.7. The van der Waals surface area contributed by atoms with Crippen LogP contribution in [0.1, 0.15) is 67.0 Å². The van der Waals surface area contributed by atoms with E-state index in [1.807, 2.05) is 43.3 Å². The van der Waals surface area contributed by atoms with E-state index < -0.39 is 11.9 Å². The van der Waals surface area contributed by atoms with Crippen molar-refractivity contribution in [2.75, 3.05) is 0 Å². The number of benzene rings is 3. The number of aryl methyl sites for hydroxylation is 3. The third-order valence-electron chi connectivity index (χ3n) is 6.94. The summed E-state index contributed by atoms with van der Waals surface area (Å²) in [4.78, 5) is 33.7. The summed E-state index contributed by atoms with van der Waals surface area (Å²) in [5.74, 6) is -1.19. The highest BCUT2D eigenvalue weighted by Crippen LogP contribution is 2.31. The van der Waals surface area contributed by atoms with E-state index in [2.05, 4.69) is 18.4 Å². The van der Waals surface area contributed by atoms with Gasteiger partial charge in [-0.1, -0.05) is 67.6 Å². The van der Waals surface area contributed by atoms with Crippen LogP contribution in [0.3, 0.4) is 0 Å². The van der Waals surface area contributed by atoms with Gasteiger partial charge < -0.3 is 14.8 Å². The minimum absolute atomic E-state index is 0.0997. The molecule has 0 radical (unpaired) electrons. The van der Waals surface area contributed by atoms with Crippen molar-refractivity contribution in [2.24, 2.45) is 0 Å². The number of carboxylic acids is 2. The van der Waals surface area contributed by atoms with Crippen molar-refractivity contribution in [1.29, 1.82) is 0 Å². The molecule has 0 atom stereocenters. The Bertz CT molecular complexity index is 1720. The molecule has 0 aliphatic heterocycles. The van der Waals surface area contributed by atoms with Crippen LogP contribution < -0.4 is 0 Å². The maximum Gasteiger partial charge on any atom is 0.336 e. The lowest BCUT2D eigenvalue weighted by Gasteiger charge is -2.14. The zero-order valence-electron chi connectivity index (χ0n) is 22.5. The fourth-order valence-electron chi connectivity index (χ4n) is 5.06. The molecule has 0 unspecified atom stereocenters. The molecule has 5 rings (SSSR count). The van der Waals surface area contributed by atoms with Crippen LogP contribution in [0.5, 0.6) is 0 Å². The second-order valence-electron chi connectivity index (χ2n) is 9.72. The van der Waals surface area contributed by atoms with Gasteiger partial charge in [0.05, 0.1) is 17.7 Å². The predicted molar refractivity (Wildman–Crippen MR) is 156 cm³/mol. The number of pyridine rings is 1. The average molecular weight is 532 g/mol. The fourth-order valence-corrected chi connectivity index (χ4v) is 5.06. The lowest BCUT2D eigenvalue weighted by Crippen LogP contribution is -2.06. The molecule has 2 heterocycles. The number of rotatable bonds is 8. The van der Waals surface area contributed by atoms with Crippen molar-refractivity contribution in [1.82, 2.24) is 14.5 Å². The third-order valence-corrected chi connectivity index (χ3v) is 6.94. The first kappa shape index (κ1) is 26.6. The van der Waals surface area contributed by atoms with Gasteiger partial charge >= 0.3 is 11.9 Å². The Morgan fingerprint density at radius 2 is 1.35 bits per heavy atom. The molecule has 7 nitrogen and oxygen atoms in total. The van der Waals surface area contributed by atoms with Gasteiger partial charge in [-0.3, -0.25) is 0 Å². The Balaban J connectivity index is 1.58. The topological polar surface area (TPSA) is 105 Å². The minimum atomic E-state index is -1.08. The van der Waals surface area contributed by atoms with Gasteiger partial charge in [0.2, 0.25) is 0 Å². The lowest BCUT2D eigenvalue weighted by molar-refractivity contribution is 0.0686. The van der Waals surface area contributed by atoms with E-state index in [1.54, 1.807) is 36.4 Å². The van der Waals surface area contributed by atoms with E-state index in [1.165, 1.54) is 12.1 Å². The summed E-state index contributed by atoms with van der Waals surface area (Å²) in [6, 6.07) is 23.3. The summed E-state index contributed by atoms with van der Waals surface area (Å²) in [6.45, 7) is 6.73. The number of hydrogen-bond donors (Lipinski definition) is 2. The van der Waals surface area contributed by atoms with E-state index >= 15 is 0 Å². The highest BCUT2D eigenvalue weighted by molar-refractivity contribution is 6.05. The summed E-state index contributed by atoms with van der Waals surface area (Å²) >= 11 is 0. The SMILES string of the molecule is CCc1nc2c(C)cc(C)nc2n1Cc1ccc(C=C(c2ccccc2C(=O)O)c2ccccc2C(=O)O)cc1. The lowest BCUT2D eigenvalue weighted by atomic mass is 9.89. The molecular formula is C33H29N3O4. The number of nitrogens with zero attached hydrogens (tertiary/aromatic N) is 3. The van der Waals surface area contributed by atoms with Crippen LogP contribution in [-0.4, -0.2) is 36.7 Å².